The average Bonchev–Trinajstić information content (AvgIpc) is 2.39. The fourth-order valence-electron chi connectivity index (χ4n) is 1.91. The van der Waals surface area contributed by atoms with Crippen molar-refractivity contribution < 1.29 is 9.50 Å². The van der Waals surface area contributed by atoms with Gasteiger partial charge in [-0.05, 0) is 30.7 Å². The number of hydrogen-bond acceptors (Lipinski definition) is 2. The lowest BCUT2D eigenvalue weighted by Gasteiger charge is -2.16. The van der Waals surface area contributed by atoms with E-state index in [0.29, 0.717) is 5.56 Å². The Morgan fingerprint density at radius 3 is 2.67 bits per heavy atom. The van der Waals surface area contributed by atoms with Crippen LogP contribution in [0.1, 0.15) is 24.1 Å². The first-order valence-electron chi connectivity index (χ1n) is 5.91. The quantitative estimate of drug-likeness (QED) is 0.864. The van der Waals surface area contributed by atoms with Gasteiger partial charge in [0.25, 0.3) is 0 Å². The summed E-state index contributed by atoms with van der Waals surface area (Å²) in [6, 6.07) is 14.1. The van der Waals surface area contributed by atoms with Gasteiger partial charge in [-0.1, -0.05) is 30.3 Å². The highest BCUT2D eigenvalue weighted by Gasteiger charge is 2.09. The van der Waals surface area contributed by atoms with Crippen LogP contribution in [0.3, 0.4) is 0 Å². The Hall–Kier alpha value is -1.87. The lowest BCUT2D eigenvalue weighted by molar-refractivity contribution is 0.282. The first-order chi connectivity index (χ1) is 8.70. The van der Waals surface area contributed by atoms with Crippen LogP contribution in [0, 0.1) is 5.82 Å². The van der Waals surface area contributed by atoms with Crippen molar-refractivity contribution in [3.8, 4) is 0 Å². The van der Waals surface area contributed by atoms with Gasteiger partial charge in [-0.15, -0.1) is 0 Å². The monoisotopic (exact) mass is 245 g/mol. The first-order valence-corrected chi connectivity index (χ1v) is 5.91. The van der Waals surface area contributed by atoms with Crippen LogP contribution in [0.2, 0.25) is 0 Å². The van der Waals surface area contributed by atoms with Gasteiger partial charge in [-0.25, -0.2) is 4.39 Å². The molecule has 3 heteroatoms. The lowest BCUT2D eigenvalue weighted by atomic mass is 10.1. The molecule has 0 heterocycles. The van der Waals surface area contributed by atoms with E-state index in [1.165, 1.54) is 6.07 Å². The fourth-order valence-corrected chi connectivity index (χ4v) is 1.91. The van der Waals surface area contributed by atoms with Crippen molar-refractivity contribution in [1.82, 2.24) is 0 Å². The number of benzene rings is 2. The van der Waals surface area contributed by atoms with E-state index in [4.69, 9.17) is 5.11 Å². The van der Waals surface area contributed by atoms with Crippen LogP contribution in [-0.4, -0.2) is 5.11 Å². The molecule has 0 aromatic heterocycles. The van der Waals surface area contributed by atoms with E-state index in [-0.39, 0.29) is 18.5 Å². The summed E-state index contributed by atoms with van der Waals surface area (Å²) in [6.45, 7) is 1.91. The van der Waals surface area contributed by atoms with Crippen LogP contribution in [0.4, 0.5) is 10.1 Å². The van der Waals surface area contributed by atoms with Crippen molar-refractivity contribution in [3.63, 3.8) is 0 Å². The highest BCUT2D eigenvalue weighted by molar-refractivity contribution is 5.47. The first kappa shape index (κ1) is 12.6. The molecule has 0 aliphatic carbocycles. The highest BCUT2D eigenvalue weighted by Crippen LogP contribution is 2.22. The molecule has 0 bridgehead atoms. The maximum absolute atomic E-state index is 13.6. The van der Waals surface area contributed by atoms with Crippen LogP contribution in [0.15, 0.2) is 48.5 Å². The van der Waals surface area contributed by atoms with Crippen LogP contribution < -0.4 is 5.32 Å². The van der Waals surface area contributed by atoms with Crippen LogP contribution in [0.5, 0.6) is 0 Å². The molecule has 1 unspecified atom stereocenters. The van der Waals surface area contributed by atoms with E-state index >= 15 is 0 Å². The molecule has 2 nitrogen and oxygen atoms in total. The van der Waals surface area contributed by atoms with E-state index < -0.39 is 0 Å². The molecule has 18 heavy (non-hydrogen) atoms. The molecule has 0 spiro atoms. The normalized spacial score (nSPS) is 12.2. The second-order valence-corrected chi connectivity index (χ2v) is 4.25. The van der Waals surface area contributed by atoms with Crippen molar-refractivity contribution in [1.29, 1.82) is 0 Å². The number of hydrogen-bond donors (Lipinski definition) is 2. The van der Waals surface area contributed by atoms with E-state index in [1.807, 2.05) is 37.3 Å². The Labute approximate surface area is 106 Å². The van der Waals surface area contributed by atoms with E-state index in [9.17, 15) is 4.39 Å². The van der Waals surface area contributed by atoms with Gasteiger partial charge in [0.05, 0.1) is 12.6 Å². The molecule has 0 saturated heterocycles. The van der Waals surface area contributed by atoms with Gasteiger partial charge in [0, 0.05) is 11.3 Å². The molecule has 94 valence electrons. The predicted molar refractivity (Wildman–Crippen MR) is 70.8 cm³/mol. The largest absolute Gasteiger partial charge is 0.392 e. The van der Waals surface area contributed by atoms with Crippen LogP contribution in [0.25, 0.3) is 0 Å². The summed E-state index contributed by atoms with van der Waals surface area (Å²) in [5.41, 5.74) is 2.34. The molecule has 1 atom stereocenters. The number of nitrogens with one attached hydrogen (secondary N) is 1. The van der Waals surface area contributed by atoms with Gasteiger partial charge in [0.1, 0.15) is 5.82 Å². The molecule has 2 aromatic rings. The van der Waals surface area contributed by atoms with E-state index in [0.717, 1.165) is 11.3 Å². The maximum Gasteiger partial charge on any atom is 0.128 e. The highest BCUT2D eigenvalue weighted by atomic mass is 19.1. The van der Waals surface area contributed by atoms with E-state index in [1.54, 1.807) is 12.1 Å². The molecular formula is C15H16FNO. The molecule has 0 saturated carbocycles. The summed E-state index contributed by atoms with van der Waals surface area (Å²) in [6.07, 6.45) is 0. The Balaban J connectivity index is 2.16. The van der Waals surface area contributed by atoms with Gasteiger partial charge >= 0.3 is 0 Å². The van der Waals surface area contributed by atoms with Crippen LogP contribution in [-0.2, 0) is 6.61 Å². The van der Waals surface area contributed by atoms with Crippen molar-refractivity contribution in [2.45, 2.75) is 19.6 Å². The molecule has 0 radical (unpaired) electrons. The number of rotatable bonds is 4. The average molecular weight is 245 g/mol. The zero-order valence-corrected chi connectivity index (χ0v) is 10.2. The Kier molecular flexibility index (Phi) is 3.95. The Morgan fingerprint density at radius 2 is 1.94 bits per heavy atom. The summed E-state index contributed by atoms with van der Waals surface area (Å²) in [5.74, 6) is -0.212. The molecule has 0 aliphatic rings. The van der Waals surface area contributed by atoms with E-state index in [2.05, 4.69) is 5.32 Å². The van der Waals surface area contributed by atoms with Gasteiger partial charge in [0.2, 0.25) is 0 Å². The van der Waals surface area contributed by atoms with Gasteiger partial charge in [0.15, 0.2) is 0 Å². The van der Waals surface area contributed by atoms with Gasteiger partial charge in [-0.2, -0.15) is 0 Å². The number of aliphatic hydroxyl groups is 1. The summed E-state index contributed by atoms with van der Waals surface area (Å²) >= 11 is 0. The predicted octanol–water partition coefficient (Wildman–Crippen LogP) is 3.49. The lowest BCUT2D eigenvalue weighted by Crippen LogP contribution is -2.08. The summed E-state index contributed by atoms with van der Waals surface area (Å²) in [5, 5.41) is 12.3. The molecule has 0 amide bonds. The molecule has 0 fully saturated rings. The number of aliphatic hydroxyl groups excluding tert-OH is 1. The minimum absolute atomic E-state index is 0.00357. The van der Waals surface area contributed by atoms with Gasteiger partial charge in [-0.3, -0.25) is 0 Å². The zero-order valence-electron chi connectivity index (χ0n) is 10.2. The van der Waals surface area contributed by atoms with Crippen molar-refractivity contribution in [2.24, 2.45) is 0 Å². The summed E-state index contributed by atoms with van der Waals surface area (Å²) in [7, 11) is 0. The van der Waals surface area contributed by atoms with Crippen LogP contribution >= 0.6 is 0 Å². The minimum Gasteiger partial charge on any atom is -0.392 e. The third-order valence-electron chi connectivity index (χ3n) is 2.86. The second-order valence-electron chi connectivity index (χ2n) is 4.25. The maximum atomic E-state index is 13.6. The summed E-state index contributed by atoms with van der Waals surface area (Å²) in [4.78, 5) is 0. The summed E-state index contributed by atoms with van der Waals surface area (Å²) < 4.78 is 13.6. The molecule has 0 aliphatic heterocycles. The third-order valence-corrected chi connectivity index (χ3v) is 2.86. The zero-order chi connectivity index (χ0) is 13.0. The molecular weight excluding hydrogens is 229 g/mol. The second kappa shape index (κ2) is 5.65. The number of anilines is 1. The third kappa shape index (κ3) is 2.87. The standard InChI is InChI=1S/C15H16FNO/c1-11(14-7-2-3-8-15(14)16)17-13-6-4-5-12(9-13)10-18/h2-9,11,17-18H,10H2,1H3. The Morgan fingerprint density at radius 1 is 1.17 bits per heavy atom. The fraction of sp³-hybridized carbons (Fsp3) is 0.200. The Bertz CT molecular complexity index is 527. The molecule has 2 rings (SSSR count). The molecule has 2 N–H and O–H groups in total. The number of halogens is 1. The van der Waals surface area contributed by atoms with Crippen molar-refractivity contribution in [3.05, 3.63) is 65.5 Å². The molecule has 2 aromatic carbocycles. The topological polar surface area (TPSA) is 32.3 Å². The minimum atomic E-state index is -0.212. The van der Waals surface area contributed by atoms with Crippen molar-refractivity contribution in [2.75, 3.05) is 5.32 Å². The SMILES string of the molecule is CC(Nc1cccc(CO)c1)c1ccccc1F. The van der Waals surface area contributed by atoms with Crippen molar-refractivity contribution >= 4 is 5.69 Å². The smallest absolute Gasteiger partial charge is 0.128 e. The van der Waals surface area contributed by atoms with Gasteiger partial charge < -0.3 is 10.4 Å².